The van der Waals surface area contributed by atoms with Crippen LogP contribution in [0.2, 0.25) is 0 Å². The van der Waals surface area contributed by atoms with Crippen molar-refractivity contribution in [1.29, 1.82) is 0 Å². The lowest BCUT2D eigenvalue weighted by Gasteiger charge is -2.18. The first-order valence-electron chi connectivity index (χ1n) is 18.9. The zero-order valence-corrected chi connectivity index (χ0v) is 31.1. The number of rotatable bonds is 2. The molecule has 256 valence electrons. The van der Waals surface area contributed by atoms with Gasteiger partial charge in [0.05, 0.1) is 26.8 Å². The number of thiophene rings is 2. The molecule has 55 heavy (non-hydrogen) atoms. The number of allylic oxidation sites excluding steroid dienone is 1. The maximum Gasteiger partial charge on any atom is 0.165 e. The van der Waals surface area contributed by atoms with Crippen molar-refractivity contribution in [3.05, 3.63) is 157 Å². The van der Waals surface area contributed by atoms with Gasteiger partial charge >= 0.3 is 0 Å². The summed E-state index contributed by atoms with van der Waals surface area (Å²) >= 11 is 3.76. The van der Waals surface area contributed by atoms with Gasteiger partial charge < -0.3 is 0 Å². The molecule has 0 N–H and O–H groups in total. The minimum absolute atomic E-state index is 0.870. The first-order chi connectivity index (χ1) is 27.3. The molecule has 0 unspecified atom stereocenters. The van der Waals surface area contributed by atoms with Crippen molar-refractivity contribution in [2.45, 2.75) is 12.8 Å². The smallest absolute Gasteiger partial charge is 0.165 e. The number of nitrogens with zero attached hydrogens (tertiary/aromatic N) is 3. The van der Waals surface area contributed by atoms with Gasteiger partial charge in [0.15, 0.2) is 5.82 Å². The molecule has 8 aromatic carbocycles. The van der Waals surface area contributed by atoms with E-state index in [9.17, 15) is 0 Å². The Morgan fingerprint density at radius 2 is 1.25 bits per heavy atom. The summed E-state index contributed by atoms with van der Waals surface area (Å²) in [5.74, 6) is 0.870. The van der Waals surface area contributed by atoms with Gasteiger partial charge in [-0.05, 0) is 64.4 Å². The number of para-hydroxylation sites is 1. The van der Waals surface area contributed by atoms with Gasteiger partial charge in [0.25, 0.3) is 0 Å². The average molecular weight is 736 g/mol. The molecule has 4 heterocycles. The summed E-state index contributed by atoms with van der Waals surface area (Å²) in [7, 11) is 0. The molecule has 0 saturated heterocycles. The minimum Gasteiger partial charge on any atom is -0.290 e. The first kappa shape index (κ1) is 30.0. The molecule has 4 aromatic heterocycles. The maximum atomic E-state index is 5.80. The number of aryl methyl sites for hydroxylation is 1. The molecule has 0 atom stereocenters. The van der Waals surface area contributed by atoms with Crippen molar-refractivity contribution in [3.63, 3.8) is 0 Å². The van der Waals surface area contributed by atoms with Crippen molar-refractivity contribution < 1.29 is 0 Å². The van der Waals surface area contributed by atoms with Gasteiger partial charge in [0.2, 0.25) is 0 Å². The van der Waals surface area contributed by atoms with Gasteiger partial charge in [-0.3, -0.25) is 4.57 Å². The molecule has 12 aromatic rings. The molecule has 0 amide bonds. The summed E-state index contributed by atoms with van der Waals surface area (Å²) < 4.78 is 7.61. The second-order valence-corrected chi connectivity index (χ2v) is 16.8. The summed E-state index contributed by atoms with van der Waals surface area (Å²) in [6.07, 6.45) is 6.79. The fourth-order valence-corrected chi connectivity index (χ4v) is 12.0. The van der Waals surface area contributed by atoms with Gasteiger partial charge in [0, 0.05) is 57.4 Å². The topological polar surface area (TPSA) is 30.7 Å². The molecule has 13 rings (SSSR count). The maximum absolute atomic E-state index is 5.80. The number of hydrogen-bond acceptors (Lipinski definition) is 4. The van der Waals surface area contributed by atoms with E-state index in [1.165, 1.54) is 78.5 Å². The molecular weight excluding hydrogens is 707 g/mol. The Labute approximate surface area is 323 Å². The zero-order valence-electron chi connectivity index (χ0n) is 29.5. The SMILES string of the molecule is C1=Cc2c(c3c4ccccc4n(-c4nc5c(ccc6ccccc65)nc4-c4cccc5c4sc4ccccc45)c3c3sc4ccc5ccccc5c4c23)CC1. The quantitative estimate of drug-likeness (QED) is 0.166. The van der Waals surface area contributed by atoms with Crippen molar-refractivity contribution in [1.82, 2.24) is 14.5 Å². The standard InChI is InChI=1S/C50H29N3S2/c1-3-14-30-28(12-1)25-27-41-43(30)44-34-18-6-5-17-33(34)42-36-19-7-9-22-39(36)53(47(42)49(44)55-41)50-46(51-38-26-24-29-13-2-4-15-31(29)45(38)52-50)37-21-11-20-35-32-16-8-10-23-40(32)54-48(35)37/h1-4,6-16,18-27H,5,17H2. The highest BCUT2D eigenvalue weighted by Gasteiger charge is 2.28. The van der Waals surface area contributed by atoms with E-state index >= 15 is 0 Å². The number of hydrogen-bond donors (Lipinski definition) is 0. The molecule has 0 radical (unpaired) electrons. The van der Waals surface area contributed by atoms with Crippen LogP contribution in [0, 0.1) is 0 Å². The lowest BCUT2D eigenvalue weighted by atomic mass is 9.88. The predicted molar refractivity (Wildman–Crippen MR) is 237 cm³/mol. The third-order valence-corrected chi connectivity index (χ3v) is 14.2. The van der Waals surface area contributed by atoms with Crippen LogP contribution >= 0.6 is 22.7 Å². The fourth-order valence-electron chi connectivity index (χ4n) is 9.48. The third kappa shape index (κ3) is 4.04. The third-order valence-electron chi connectivity index (χ3n) is 11.8. The van der Waals surface area contributed by atoms with Crippen LogP contribution in [0.25, 0.3) is 118 Å². The van der Waals surface area contributed by atoms with Crippen LogP contribution in [0.3, 0.4) is 0 Å². The highest BCUT2D eigenvalue weighted by atomic mass is 32.1. The Balaban J connectivity index is 1.28. The van der Waals surface area contributed by atoms with Crippen molar-refractivity contribution in [2.24, 2.45) is 0 Å². The number of aromatic nitrogens is 3. The Bertz CT molecular complexity index is 3670. The molecule has 0 saturated carbocycles. The van der Waals surface area contributed by atoms with Crippen LogP contribution in [0.4, 0.5) is 0 Å². The Morgan fingerprint density at radius 3 is 2.16 bits per heavy atom. The number of fused-ring (bicyclic) bond motifs is 18. The largest absolute Gasteiger partial charge is 0.290 e. The van der Waals surface area contributed by atoms with Crippen LogP contribution in [0.5, 0.6) is 0 Å². The van der Waals surface area contributed by atoms with Crippen LogP contribution in [0.1, 0.15) is 17.5 Å². The van der Waals surface area contributed by atoms with E-state index in [0.717, 1.165) is 57.2 Å². The summed E-state index contributed by atoms with van der Waals surface area (Å²) in [5, 5.41) is 12.7. The Kier molecular flexibility index (Phi) is 6.04. The molecule has 5 heteroatoms. The van der Waals surface area contributed by atoms with Gasteiger partial charge in [-0.25, -0.2) is 9.97 Å². The summed E-state index contributed by atoms with van der Waals surface area (Å²) in [4.78, 5) is 11.5. The molecule has 0 fully saturated rings. The molecule has 1 aliphatic carbocycles. The fraction of sp³-hybridized carbons (Fsp3) is 0.0400. The average Bonchev–Trinajstić information content (AvgIpc) is 3.94. The van der Waals surface area contributed by atoms with E-state index in [-0.39, 0.29) is 0 Å². The van der Waals surface area contributed by atoms with E-state index in [2.05, 4.69) is 156 Å². The summed E-state index contributed by atoms with van der Waals surface area (Å²) in [5.41, 5.74) is 9.02. The van der Waals surface area contributed by atoms with Gasteiger partial charge in [-0.2, -0.15) is 0 Å². The highest BCUT2D eigenvalue weighted by molar-refractivity contribution is 7.27. The minimum atomic E-state index is 0.870. The van der Waals surface area contributed by atoms with E-state index in [0.29, 0.717) is 0 Å². The molecule has 3 nitrogen and oxygen atoms in total. The van der Waals surface area contributed by atoms with Crippen LogP contribution in [-0.2, 0) is 6.42 Å². The van der Waals surface area contributed by atoms with Crippen LogP contribution in [-0.4, -0.2) is 14.5 Å². The lowest BCUT2D eigenvalue weighted by Crippen LogP contribution is -2.05. The monoisotopic (exact) mass is 735 g/mol. The van der Waals surface area contributed by atoms with E-state index in [1.54, 1.807) is 0 Å². The molecule has 0 spiro atoms. The first-order valence-corrected chi connectivity index (χ1v) is 20.5. The van der Waals surface area contributed by atoms with Crippen LogP contribution in [0.15, 0.2) is 146 Å². The molecule has 0 bridgehead atoms. The second kappa shape index (κ2) is 11.1. The van der Waals surface area contributed by atoms with Crippen molar-refractivity contribution in [2.75, 3.05) is 0 Å². The molecular formula is C50H29N3S2. The highest BCUT2D eigenvalue weighted by Crippen LogP contribution is 2.51. The van der Waals surface area contributed by atoms with Gasteiger partial charge in [-0.1, -0.05) is 127 Å². The van der Waals surface area contributed by atoms with E-state index < -0.39 is 0 Å². The van der Waals surface area contributed by atoms with Crippen molar-refractivity contribution in [3.8, 4) is 17.1 Å². The summed E-state index contributed by atoms with van der Waals surface area (Å²) in [6, 6.07) is 50.8. The van der Waals surface area contributed by atoms with E-state index in [4.69, 9.17) is 9.97 Å². The lowest BCUT2D eigenvalue weighted by molar-refractivity contribution is 1.00. The normalized spacial score (nSPS) is 13.2. The van der Waals surface area contributed by atoms with E-state index in [1.807, 2.05) is 22.7 Å². The van der Waals surface area contributed by atoms with Crippen molar-refractivity contribution >= 4 is 123 Å². The number of benzene rings is 8. The van der Waals surface area contributed by atoms with Gasteiger partial charge in [0.1, 0.15) is 5.69 Å². The molecule has 0 aliphatic heterocycles. The predicted octanol–water partition coefficient (Wildman–Crippen LogP) is 14.4. The zero-order chi connectivity index (χ0) is 35.8. The van der Waals surface area contributed by atoms with Gasteiger partial charge in [-0.15, -0.1) is 22.7 Å². The molecule has 1 aliphatic rings. The second-order valence-electron chi connectivity index (χ2n) is 14.7. The summed E-state index contributed by atoms with van der Waals surface area (Å²) in [6.45, 7) is 0. The Hall–Kier alpha value is -6.40. The van der Waals surface area contributed by atoms with Crippen LogP contribution < -0.4 is 0 Å². The Morgan fingerprint density at radius 1 is 0.527 bits per heavy atom.